The van der Waals surface area contributed by atoms with Crippen LogP contribution in [0.15, 0.2) is 170 Å². The molecule has 0 amide bonds. The van der Waals surface area contributed by atoms with Gasteiger partial charge in [-0.2, -0.15) is 0 Å². The molecule has 404 valence electrons. The second kappa shape index (κ2) is 16.0. The lowest BCUT2D eigenvalue weighted by molar-refractivity contribution is 0.331. The summed E-state index contributed by atoms with van der Waals surface area (Å²) in [6, 6.07) is 67.0. The molecule has 0 spiro atoms. The average molecular weight is 1060 g/mol. The molecule has 0 atom stereocenters. The molecule has 2 aliphatic heterocycles. The van der Waals surface area contributed by atoms with Gasteiger partial charge in [-0.15, -0.1) is 0 Å². The predicted octanol–water partition coefficient (Wildman–Crippen LogP) is 19.2. The minimum atomic E-state index is -0.310. The molecule has 0 N–H and O–H groups in total. The molecule has 82 heavy (non-hydrogen) atoms. The fraction of sp³-hybridized carbons (Fsp3) is 0.282. The van der Waals surface area contributed by atoms with Gasteiger partial charge in [0.25, 0.3) is 0 Å². The van der Waals surface area contributed by atoms with Crippen molar-refractivity contribution >= 4 is 61.9 Å². The SMILES string of the molecule is CC(C)(C)c1ccc(N2B3c4cc5cc(-c6ccccc6)n(-c6ccccc6)c5cc4-n4c5ccc(C(C)(C)C)cc5c5c6c(c(c3c54)-c3cc4c(cc32)-c2cc3c(cc2C4(C)C)C(C)(C)CCC3(C)C)C(C)(C)c2ccccc2-6)cc1. The molecule has 0 unspecified atom stereocenters. The summed E-state index contributed by atoms with van der Waals surface area (Å²) in [6.07, 6.45) is 2.38. The van der Waals surface area contributed by atoms with Gasteiger partial charge < -0.3 is 13.9 Å². The summed E-state index contributed by atoms with van der Waals surface area (Å²) in [5.74, 6) is 0. The van der Waals surface area contributed by atoms with Crippen molar-refractivity contribution in [1.29, 1.82) is 0 Å². The highest BCUT2D eigenvalue weighted by Gasteiger charge is 2.52. The molecule has 16 rings (SSSR count). The summed E-state index contributed by atoms with van der Waals surface area (Å²) >= 11 is 0. The molecule has 0 bridgehead atoms. The molecule has 2 aromatic heterocycles. The zero-order valence-electron chi connectivity index (χ0n) is 50.5. The van der Waals surface area contributed by atoms with E-state index in [4.69, 9.17) is 0 Å². The van der Waals surface area contributed by atoms with Gasteiger partial charge in [-0.1, -0.05) is 200 Å². The van der Waals surface area contributed by atoms with E-state index in [1.807, 2.05) is 0 Å². The van der Waals surface area contributed by atoms with Gasteiger partial charge in [0.1, 0.15) is 0 Å². The van der Waals surface area contributed by atoms with Gasteiger partial charge in [0.05, 0.1) is 22.2 Å². The minimum absolute atomic E-state index is 0.00585. The Hall–Kier alpha value is -7.82. The van der Waals surface area contributed by atoms with Gasteiger partial charge in [-0.3, -0.25) is 0 Å². The van der Waals surface area contributed by atoms with Crippen LogP contribution in [0.4, 0.5) is 11.4 Å². The van der Waals surface area contributed by atoms with E-state index in [0.29, 0.717) is 0 Å². The van der Waals surface area contributed by atoms with Gasteiger partial charge >= 0.3 is 6.85 Å². The summed E-state index contributed by atoms with van der Waals surface area (Å²) in [7, 11) is 0. The van der Waals surface area contributed by atoms with E-state index in [0.717, 1.165) is 5.69 Å². The first-order chi connectivity index (χ1) is 38.9. The Morgan fingerprint density at radius 1 is 0.439 bits per heavy atom. The quantitative estimate of drug-likeness (QED) is 0.161. The van der Waals surface area contributed by atoms with E-state index < -0.39 is 0 Å². The fourth-order valence-electron chi connectivity index (χ4n) is 16.4. The van der Waals surface area contributed by atoms with E-state index in [9.17, 15) is 0 Å². The molecule has 0 saturated carbocycles. The third-order valence-electron chi connectivity index (χ3n) is 21.0. The van der Waals surface area contributed by atoms with Crippen LogP contribution in [-0.2, 0) is 32.5 Å². The number of rotatable bonds is 3. The normalized spacial score (nSPS) is 17.1. The predicted molar refractivity (Wildman–Crippen MR) is 350 cm³/mol. The van der Waals surface area contributed by atoms with Gasteiger partial charge in [-0.25, -0.2) is 0 Å². The van der Waals surface area contributed by atoms with E-state index in [1.54, 1.807) is 0 Å². The standard InChI is InChI=1S/C78H74BN3/c1-73(2,3)47-29-32-50(33-30-47)82-65-42-53-52-40-59-60(76(9,10)36-35-75(59,7)8)43-58(52)77(11,12)57(53)41-55(65)69-70-67(51-27-21-22-28-56(51)78(70,13)14)68-54-39-48(74(4,5)6)31-34-62(54)81-66-44-64-46(37-61(66)79(82)71(69)72(68)81)38-63(45-23-17-15-18-24-45)80(64)49-25-19-16-20-26-49/h15-34,37-44H,35-36H2,1-14H3. The van der Waals surface area contributed by atoms with Crippen LogP contribution in [0.5, 0.6) is 0 Å². The lowest BCUT2D eigenvalue weighted by atomic mass is 9.43. The van der Waals surface area contributed by atoms with Crippen LogP contribution in [0.1, 0.15) is 154 Å². The largest absolute Gasteiger partial charge is 0.376 e. The summed E-state index contributed by atoms with van der Waals surface area (Å²) in [5, 5.41) is 3.94. The Kier molecular flexibility index (Phi) is 9.77. The maximum absolute atomic E-state index is 2.81. The van der Waals surface area contributed by atoms with Crippen molar-refractivity contribution in [1.82, 2.24) is 9.13 Å². The Morgan fingerprint density at radius 2 is 1.05 bits per heavy atom. The average Bonchev–Trinajstić information content (AvgIpc) is 1.62. The molecule has 3 aliphatic carbocycles. The van der Waals surface area contributed by atoms with E-state index in [-0.39, 0.29) is 39.3 Å². The third kappa shape index (κ3) is 6.50. The van der Waals surface area contributed by atoms with Crippen LogP contribution in [-0.4, -0.2) is 16.0 Å². The maximum atomic E-state index is 2.81. The lowest BCUT2D eigenvalue weighted by Crippen LogP contribution is -2.61. The Balaban J connectivity index is 1.11. The number of nitrogens with zero attached hydrogens (tertiary/aromatic N) is 3. The first-order valence-corrected chi connectivity index (χ1v) is 30.3. The summed E-state index contributed by atoms with van der Waals surface area (Å²) in [6.45, 7) is 34.0. The van der Waals surface area contributed by atoms with Crippen LogP contribution < -0.4 is 15.7 Å². The molecule has 11 aromatic rings. The van der Waals surface area contributed by atoms with Gasteiger partial charge in [0.15, 0.2) is 0 Å². The molecule has 9 aromatic carbocycles. The van der Waals surface area contributed by atoms with Crippen molar-refractivity contribution in [3.8, 4) is 56.0 Å². The number of anilines is 2. The zero-order valence-corrected chi connectivity index (χ0v) is 50.5. The summed E-state index contributed by atoms with van der Waals surface area (Å²) in [5.41, 5.74) is 33.2. The first kappa shape index (κ1) is 50.0. The number of aromatic nitrogens is 2. The van der Waals surface area contributed by atoms with Crippen LogP contribution in [0.2, 0.25) is 0 Å². The van der Waals surface area contributed by atoms with Crippen molar-refractivity contribution in [3.05, 3.63) is 214 Å². The van der Waals surface area contributed by atoms with Gasteiger partial charge in [0, 0.05) is 55.3 Å². The topological polar surface area (TPSA) is 13.1 Å². The van der Waals surface area contributed by atoms with Gasteiger partial charge in [0.2, 0.25) is 0 Å². The van der Waals surface area contributed by atoms with Crippen LogP contribution in [0, 0.1) is 0 Å². The summed E-state index contributed by atoms with van der Waals surface area (Å²) in [4.78, 5) is 2.81. The fourth-order valence-corrected chi connectivity index (χ4v) is 16.4. The molecule has 0 saturated heterocycles. The summed E-state index contributed by atoms with van der Waals surface area (Å²) < 4.78 is 5.24. The lowest BCUT2D eigenvalue weighted by Gasteiger charge is -2.44. The minimum Gasteiger partial charge on any atom is -0.376 e. The molecule has 0 radical (unpaired) electrons. The molecule has 4 heterocycles. The van der Waals surface area contributed by atoms with Crippen molar-refractivity contribution in [3.63, 3.8) is 0 Å². The van der Waals surface area contributed by atoms with E-state index in [2.05, 4.69) is 281 Å². The highest BCUT2D eigenvalue weighted by molar-refractivity contribution is 6.94. The maximum Gasteiger partial charge on any atom is 0.333 e. The van der Waals surface area contributed by atoms with Crippen molar-refractivity contribution in [2.75, 3.05) is 4.81 Å². The number of benzene rings is 9. The highest BCUT2D eigenvalue weighted by Crippen LogP contribution is 2.62. The van der Waals surface area contributed by atoms with Crippen LogP contribution in [0.25, 0.3) is 88.7 Å². The van der Waals surface area contributed by atoms with E-state index in [1.165, 1.54) is 163 Å². The Morgan fingerprint density at radius 3 is 1.74 bits per heavy atom. The van der Waals surface area contributed by atoms with Gasteiger partial charge in [-0.05, 0) is 190 Å². The Bertz CT molecular complexity index is 4620. The smallest absolute Gasteiger partial charge is 0.333 e. The monoisotopic (exact) mass is 1060 g/mol. The first-order valence-electron chi connectivity index (χ1n) is 30.3. The number of hydrogen-bond donors (Lipinski definition) is 0. The molecule has 4 heteroatoms. The van der Waals surface area contributed by atoms with Crippen LogP contribution >= 0.6 is 0 Å². The molecule has 3 nitrogen and oxygen atoms in total. The third-order valence-corrected chi connectivity index (χ3v) is 21.0. The second-order valence-electron chi connectivity index (χ2n) is 29.6. The number of para-hydroxylation sites is 1. The highest BCUT2D eigenvalue weighted by atomic mass is 15.1. The van der Waals surface area contributed by atoms with Crippen molar-refractivity contribution in [2.45, 2.75) is 142 Å². The molecular formula is C78H74BN3. The van der Waals surface area contributed by atoms with Crippen molar-refractivity contribution in [2.24, 2.45) is 0 Å². The zero-order chi connectivity index (χ0) is 56.7. The molecule has 0 fully saturated rings. The van der Waals surface area contributed by atoms with Crippen LogP contribution in [0.3, 0.4) is 0 Å². The van der Waals surface area contributed by atoms with Crippen molar-refractivity contribution < 1.29 is 0 Å². The Labute approximate surface area is 485 Å². The molecular weight excluding hydrogens is 990 g/mol. The van der Waals surface area contributed by atoms with E-state index >= 15 is 0 Å². The number of fused-ring (bicyclic) bond motifs is 18. The molecule has 5 aliphatic rings. The second-order valence-corrected chi connectivity index (χ2v) is 29.6. The number of hydrogen-bond acceptors (Lipinski definition) is 1.